The van der Waals surface area contributed by atoms with E-state index in [1.165, 1.54) is 12.8 Å². The van der Waals surface area contributed by atoms with Gasteiger partial charge in [-0.1, -0.05) is 17.7 Å². The molecule has 2 saturated carbocycles. The molecule has 1 amide bonds. The van der Waals surface area contributed by atoms with E-state index in [0.717, 1.165) is 69.4 Å². The number of hydrogen-bond donors (Lipinski definition) is 2. The maximum Gasteiger partial charge on any atom is 0.322 e. The summed E-state index contributed by atoms with van der Waals surface area (Å²) in [5, 5.41) is 11.5. The van der Waals surface area contributed by atoms with Gasteiger partial charge < -0.3 is 20.1 Å². The quantitative estimate of drug-likeness (QED) is 0.460. The number of hydrogen-bond acceptors (Lipinski definition) is 7. The second-order valence-electron chi connectivity index (χ2n) is 10.0. The first-order valence-electron chi connectivity index (χ1n) is 13.0. The van der Waals surface area contributed by atoms with E-state index < -0.39 is 0 Å². The van der Waals surface area contributed by atoms with Crippen LogP contribution in [0.2, 0.25) is 5.02 Å². The third-order valence-electron chi connectivity index (χ3n) is 7.25. The van der Waals surface area contributed by atoms with Gasteiger partial charge >= 0.3 is 6.01 Å². The third-order valence-corrected chi connectivity index (χ3v) is 7.56. The average Bonchev–Trinajstić information content (AvgIpc) is 3.36. The Morgan fingerprint density at radius 2 is 1.92 bits per heavy atom. The van der Waals surface area contributed by atoms with Gasteiger partial charge in [0.1, 0.15) is 6.10 Å². The van der Waals surface area contributed by atoms with Gasteiger partial charge in [-0.05, 0) is 75.0 Å². The Morgan fingerprint density at radius 3 is 2.67 bits per heavy atom. The van der Waals surface area contributed by atoms with Crippen LogP contribution in [0.3, 0.4) is 0 Å². The number of nitrogens with zero attached hydrogens (tertiary/aromatic N) is 4. The number of benzene rings is 1. The van der Waals surface area contributed by atoms with Crippen molar-refractivity contribution in [1.82, 2.24) is 24.9 Å². The molecule has 10 heteroatoms. The van der Waals surface area contributed by atoms with Crippen LogP contribution in [-0.2, 0) is 4.74 Å². The van der Waals surface area contributed by atoms with Crippen molar-refractivity contribution in [3.8, 4) is 17.1 Å². The zero-order valence-corrected chi connectivity index (χ0v) is 21.0. The monoisotopic (exact) mass is 510 g/mol. The molecule has 36 heavy (non-hydrogen) atoms. The molecule has 0 bridgehead atoms. The predicted molar refractivity (Wildman–Crippen MR) is 137 cm³/mol. The molecule has 9 nitrogen and oxygen atoms in total. The lowest BCUT2D eigenvalue weighted by Crippen LogP contribution is -2.25. The highest BCUT2D eigenvalue weighted by Gasteiger charge is 2.25. The summed E-state index contributed by atoms with van der Waals surface area (Å²) in [6.45, 7) is 2.37. The highest BCUT2D eigenvalue weighted by Crippen LogP contribution is 2.31. The first kappa shape index (κ1) is 23.5. The van der Waals surface area contributed by atoms with Crippen molar-refractivity contribution in [3.05, 3.63) is 35.0 Å². The maximum absolute atomic E-state index is 12.5. The number of fused-ring (bicyclic) bond motifs is 1. The fourth-order valence-corrected chi connectivity index (χ4v) is 5.19. The van der Waals surface area contributed by atoms with Gasteiger partial charge in [-0.15, -0.1) is 0 Å². The molecule has 2 aliphatic carbocycles. The normalized spacial score (nSPS) is 19.0. The van der Waals surface area contributed by atoms with E-state index in [4.69, 9.17) is 26.1 Å². The largest absolute Gasteiger partial charge is 0.460 e. The fraction of sp³-hybridized carbons (Fsp3) is 0.538. The van der Waals surface area contributed by atoms with Crippen LogP contribution in [0.4, 0.5) is 5.95 Å². The number of halogens is 1. The number of amides is 1. The molecule has 3 aliphatic rings. The Labute approximate surface area is 214 Å². The predicted octanol–water partition coefficient (Wildman–Crippen LogP) is 4.50. The van der Waals surface area contributed by atoms with Crippen molar-refractivity contribution in [2.75, 3.05) is 25.1 Å². The van der Waals surface area contributed by atoms with E-state index >= 15 is 0 Å². The summed E-state index contributed by atoms with van der Waals surface area (Å²) in [6, 6.07) is 6.08. The lowest BCUT2D eigenvalue weighted by atomic mass is 10.0. The number of anilines is 1. The number of carbonyl (C=O) groups is 1. The second-order valence-corrected chi connectivity index (χ2v) is 10.4. The van der Waals surface area contributed by atoms with Crippen LogP contribution < -0.4 is 15.4 Å². The van der Waals surface area contributed by atoms with E-state index in [2.05, 4.69) is 20.7 Å². The molecule has 0 unspecified atom stereocenters. The van der Waals surface area contributed by atoms with Crippen LogP contribution in [0.15, 0.2) is 24.4 Å². The molecule has 2 N–H and O–H groups in total. The minimum absolute atomic E-state index is 0.136. The summed E-state index contributed by atoms with van der Waals surface area (Å²) >= 11 is 6.54. The van der Waals surface area contributed by atoms with Crippen LogP contribution in [0.1, 0.15) is 61.7 Å². The van der Waals surface area contributed by atoms with Gasteiger partial charge in [-0.25, -0.2) is 0 Å². The minimum atomic E-state index is -0.136. The zero-order valence-electron chi connectivity index (χ0n) is 20.2. The Kier molecular flexibility index (Phi) is 6.67. The van der Waals surface area contributed by atoms with Gasteiger partial charge in [-0.3, -0.25) is 4.79 Å². The summed E-state index contributed by atoms with van der Waals surface area (Å²) in [6.07, 6.45) is 10.4. The highest BCUT2D eigenvalue weighted by atomic mass is 35.5. The van der Waals surface area contributed by atoms with Gasteiger partial charge in [0.25, 0.3) is 5.91 Å². The molecule has 0 radical (unpaired) electrons. The molecular formula is C26H31ClN6O3. The summed E-state index contributed by atoms with van der Waals surface area (Å²) in [5.41, 5.74) is 2.75. The van der Waals surface area contributed by atoms with Crippen molar-refractivity contribution < 1.29 is 14.3 Å². The smallest absolute Gasteiger partial charge is 0.322 e. The van der Waals surface area contributed by atoms with Gasteiger partial charge in [0.15, 0.2) is 5.65 Å². The Bertz CT molecular complexity index is 1250. The van der Waals surface area contributed by atoms with E-state index in [0.29, 0.717) is 34.1 Å². The van der Waals surface area contributed by atoms with Crippen LogP contribution >= 0.6 is 11.6 Å². The molecule has 1 saturated heterocycles. The number of nitrogens with one attached hydrogen (secondary N) is 2. The van der Waals surface area contributed by atoms with E-state index in [9.17, 15) is 4.79 Å². The molecule has 6 rings (SSSR count). The number of ether oxygens (including phenoxy) is 2. The SMILES string of the molecule is O=C(NC1CC1)c1ccc(-c2cnn3c(NCC4CCOCC4)nc(OC4CCCC4)nc23)cc1Cl. The van der Waals surface area contributed by atoms with Gasteiger partial charge in [0.05, 0.1) is 16.8 Å². The van der Waals surface area contributed by atoms with Crippen molar-refractivity contribution in [1.29, 1.82) is 0 Å². The van der Waals surface area contributed by atoms with Crippen molar-refractivity contribution in [2.45, 2.75) is 63.5 Å². The average molecular weight is 511 g/mol. The second kappa shape index (κ2) is 10.2. The molecule has 3 fully saturated rings. The first-order valence-corrected chi connectivity index (χ1v) is 13.4. The molecular weight excluding hydrogens is 480 g/mol. The summed E-state index contributed by atoms with van der Waals surface area (Å²) in [5.74, 6) is 0.992. The van der Waals surface area contributed by atoms with Crippen molar-refractivity contribution >= 4 is 29.1 Å². The molecule has 190 valence electrons. The van der Waals surface area contributed by atoms with Gasteiger partial charge in [0.2, 0.25) is 5.95 Å². The Balaban J connectivity index is 1.31. The van der Waals surface area contributed by atoms with Gasteiger partial charge in [0, 0.05) is 31.4 Å². The molecule has 1 aliphatic heterocycles. The highest BCUT2D eigenvalue weighted by molar-refractivity contribution is 6.34. The first-order chi connectivity index (χ1) is 17.6. The van der Waals surface area contributed by atoms with Crippen LogP contribution in [0.25, 0.3) is 16.8 Å². The van der Waals surface area contributed by atoms with E-state index in [1.54, 1.807) is 22.8 Å². The lowest BCUT2D eigenvalue weighted by molar-refractivity contribution is 0.0698. The molecule has 2 aromatic heterocycles. The maximum atomic E-state index is 12.5. The number of carbonyl (C=O) groups excluding carboxylic acids is 1. The van der Waals surface area contributed by atoms with Crippen LogP contribution in [0.5, 0.6) is 6.01 Å². The molecule has 0 atom stereocenters. The minimum Gasteiger partial charge on any atom is -0.460 e. The Hall–Kier alpha value is -2.91. The summed E-state index contributed by atoms with van der Waals surface area (Å²) < 4.78 is 13.4. The van der Waals surface area contributed by atoms with E-state index in [1.807, 2.05) is 6.07 Å². The molecule has 0 spiro atoms. The third kappa shape index (κ3) is 5.13. The van der Waals surface area contributed by atoms with Gasteiger partial charge in [-0.2, -0.15) is 19.6 Å². The number of aromatic nitrogens is 4. The zero-order chi connectivity index (χ0) is 24.5. The molecule has 3 aromatic rings. The van der Waals surface area contributed by atoms with E-state index in [-0.39, 0.29) is 18.1 Å². The summed E-state index contributed by atoms with van der Waals surface area (Å²) in [7, 11) is 0. The number of rotatable bonds is 8. The van der Waals surface area contributed by atoms with Crippen molar-refractivity contribution in [3.63, 3.8) is 0 Å². The topological polar surface area (TPSA) is 103 Å². The Morgan fingerprint density at radius 1 is 1.11 bits per heavy atom. The lowest BCUT2D eigenvalue weighted by Gasteiger charge is -2.22. The standard InChI is InChI=1S/C26H31ClN6O3/c27-22-13-17(5-8-20(22)24(34)30-18-6-7-18)21-15-29-33-23(21)31-26(36-19-3-1-2-4-19)32-25(33)28-14-16-9-11-35-12-10-16/h5,8,13,15-16,18-19H,1-4,6-7,9-12,14H2,(H,30,34)(H,28,31,32). The van der Waals surface area contributed by atoms with Crippen LogP contribution in [0, 0.1) is 5.92 Å². The van der Waals surface area contributed by atoms with Crippen LogP contribution in [-0.4, -0.2) is 57.4 Å². The fourth-order valence-electron chi connectivity index (χ4n) is 4.93. The van der Waals surface area contributed by atoms with Crippen molar-refractivity contribution in [2.24, 2.45) is 5.92 Å². The molecule has 3 heterocycles. The summed E-state index contributed by atoms with van der Waals surface area (Å²) in [4.78, 5) is 22.0. The molecule has 1 aromatic carbocycles.